The summed E-state index contributed by atoms with van der Waals surface area (Å²) in [6.07, 6.45) is 7.81. The molecule has 1 saturated heterocycles. The molecule has 0 radical (unpaired) electrons. The fraction of sp³-hybridized carbons (Fsp3) is 0.800. The average molecular weight is 230 g/mol. The lowest BCUT2D eigenvalue weighted by Gasteiger charge is -2.22. The predicted octanol–water partition coefficient (Wildman–Crippen LogP) is 0.0712. The fourth-order valence-electron chi connectivity index (χ4n) is 1.63. The molecule has 1 aliphatic rings. The van der Waals surface area contributed by atoms with Gasteiger partial charge in [0.1, 0.15) is 0 Å². The van der Waals surface area contributed by atoms with E-state index in [0.717, 1.165) is 13.1 Å². The molecule has 0 saturated carbocycles. The van der Waals surface area contributed by atoms with Gasteiger partial charge < -0.3 is 5.32 Å². The van der Waals surface area contributed by atoms with E-state index in [1.165, 1.54) is 0 Å². The van der Waals surface area contributed by atoms with E-state index in [1.54, 1.807) is 0 Å². The minimum atomic E-state index is -3.12. The molecule has 0 bridgehead atoms. The van der Waals surface area contributed by atoms with Crippen molar-refractivity contribution in [2.45, 2.75) is 30.9 Å². The molecule has 4 nitrogen and oxygen atoms in total. The Morgan fingerprint density at radius 3 is 2.67 bits per heavy atom. The van der Waals surface area contributed by atoms with Gasteiger partial charge in [0.2, 0.25) is 10.0 Å². The first-order chi connectivity index (χ1) is 7.17. The van der Waals surface area contributed by atoms with Gasteiger partial charge in [-0.3, -0.25) is 0 Å². The first-order valence-electron chi connectivity index (χ1n) is 5.29. The molecule has 0 unspecified atom stereocenters. The van der Waals surface area contributed by atoms with Crippen LogP contribution in [0.4, 0.5) is 0 Å². The van der Waals surface area contributed by atoms with Gasteiger partial charge in [-0.1, -0.05) is 0 Å². The Kier molecular flexibility index (Phi) is 5.09. The Bertz CT molecular complexity index is 313. The standard InChI is InChI=1S/C10H18N2O2S/c1-2-3-4-7-12-15(13,14)10-5-8-11-9-6-10/h1,10-12H,3-9H2. The summed E-state index contributed by atoms with van der Waals surface area (Å²) in [5, 5.41) is 2.91. The van der Waals surface area contributed by atoms with Crippen LogP contribution < -0.4 is 10.0 Å². The first kappa shape index (κ1) is 12.5. The molecule has 1 aliphatic heterocycles. The zero-order valence-electron chi connectivity index (χ0n) is 8.83. The second kappa shape index (κ2) is 6.11. The highest BCUT2D eigenvalue weighted by Crippen LogP contribution is 2.11. The van der Waals surface area contributed by atoms with E-state index >= 15 is 0 Å². The zero-order valence-corrected chi connectivity index (χ0v) is 9.65. The third kappa shape index (κ3) is 4.20. The van der Waals surface area contributed by atoms with Crippen LogP contribution in [0.15, 0.2) is 0 Å². The van der Waals surface area contributed by atoms with Gasteiger partial charge in [0.05, 0.1) is 5.25 Å². The van der Waals surface area contributed by atoms with Crippen LogP contribution in [-0.2, 0) is 10.0 Å². The summed E-state index contributed by atoms with van der Waals surface area (Å²) < 4.78 is 26.1. The lowest BCUT2D eigenvalue weighted by molar-refractivity contribution is 0.489. The van der Waals surface area contributed by atoms with Crippen molar-refractivity contribution < 1.29 is 8.42 Å². The monoisotopic (exact) mass is 230 g/mol. The number of unbranched alkanes of at least 4 members (excludes halogenated alkanes) is 1. The van der Waals surface area contributed by atoms with E-state index in [9.17, 15) is 8.42 Å². The van der Waals surface area contributed by atoms with Crippen molar-refractivity contribution in [3.63, 3.8) is 0 Å². The SMILES string of the molecule is C#CCCCNS(=O)(=O)C1CCNCC1. The number of terminal acetylenes is 1. The van der Waals surface area contributed by atoms with E-state index in [0.29, 0.717) is 32.2 Å². The fourth-order valence-corrected chi connectivity index (χ4v) is 3.15. The summed E-state index contributed by atoms with van der Waals surface area (Å²) >= 11 is 0. The molecule has 2 N–H and O–H groups in total. The summed E-state index contributed by atoms with van der Waals surface area (Å²) in [6, 6.07) is 0. The van der Waals surface area contributed by atoms with Gasteiger partial charge in [0, 0.05) is 13.0 Å². The van der Waals surface area contributed by atoms with Crippen LogP contribution in [0.3, 0.4) is 0 Å². The Labute approximate surface area is 91.9 Å². The van der Waals surface area contributed by atoms with Crippen molar-refractivity contribution in [3.05, 3.63) is 0 Å². The molecule has 0 aromatic heterocycles. The molecule has 0 aromatic carbocycles. The lowest BCUT2D eigenvalue weighted by Crippen LogP contribution is -2.41. The number of hydrogen-bond donors (Lipinski definition) is 2. The molecule has 0 atom stereocenters. The number of nitrogens with one attached hydrogen (secondary N) is 2. The summed E-state index contributed by atoms with van der Waals surface area (Å²) in [6.45, 7) is 2.03. The Morgan fingerprint density at radius 1 is 1.40 bits per heavy atom. The average Bonchev–Trinajstić information content (AvgIpc) is 2.26. The molecule has 0 spiro atoms. The molecular weight excluding hydrogens is 212 g/mol. The molecular formula is C10H18N2O2S. The van der Waals surface area contributed by atoms with Crippen molar-refractivity contribution >= 4 is 10.0 Å². The highest BCUT2D eigenvalue weighted by atomic mass is 32.2. The normalized spacial score (nSPS) is 18.6. The molecule has 1 rings (SSSR count). The van der Waals surface area contributed by atoms with Crippen molar-refractivity contribution in [2.24, 2.45) is 0 Å². The molecule has 1 heterocycles. The van der Waals surface area contributed by atoms with Crippen LogP contribution in [0.5, 0.6) is 0 Å². The van der Waals surface area contributed by atoms with Gasteiger partial charge in [-0.05, 0) is 32.4 Å². The molecule has 0 aliphatic carbocycles. The second-order valence-electron chi connectivity index (χ2n) is 3.70. The van der Waals surface area contributed by atoms with Crippen LogP contribution in [0.2, 0.25) is 0 Å². The van der Waals surface area contributed by atoms with Crippen molar-refractivity contribution in [1.29, 1.82) is 0 Å². The first-order valence-corrected chi connectivity index (χ1v) is 6.84. The second-order valence-corrected chi connectivity index (χ2v) is 5.74. The summed E-state index contributed by atoms with van der Waals surface area (Å²) in [5.41, 5.74) is 0. The molecule has 86 valence electrons. The van der Waals surface area contributed by atoms with E-state index in [1.807, 2.05) is 0 Å². The van der Waals surface area contributed by atoms with Crippen molar-refractivity contribution in [2.75, 3.05) is 19.6 Å². The Balaban J connectivity index is 2.34. The van der Waals surface area contributed by atoms with Crippen LogP contribution in [0, 0.1) is 12.3 Å². The molecule has 5 heteroatoms. The topological polar surface area (TPSA) is 58.2 Å². The molecule has 0 aromatic rings. The number of piperidine rings is 1. The van der Waals surface area contributed by atoms with E-state index in [2.05, 4.69) is 16.0 Å². The largest absolute Gasteiger partial charge is 0.317 e. The summed E-state index contributed by atoms with van der Waals surface area (Å²) in [4.78, 5) is 0. The third-order valence-corrected chi connectivity index (χ3v) is 4.48. The maximum Gasteiger partial charge on any atom is 0.214 e. The van der Waals surface area contributed by atoms with Gasteiger partial charge in [0.25, 0.3) is 0 Å². The molecule has 15 heavy (non-hydrogen) atoms. The Hall–Kier alpha value is -0.570. The van der Waals surface area contributed by atoms with E-state index in [4.69, 9.17) is 6.42 Å². The van der Waals surface area contributed by atoms with E-state index in [-0.39, 0.29) is 5.25 Å². The van der Waals surface area contributed by atoms with Gasteiger partial charge in [-0.25, -0.2) is 13.1 Å². The zero-order chi connectivity index (χ0) is 11.1. The van der Waals surface area contributed by atoms with Crippen LogP contribution in [-0.4, -0.2) is 33.3 Å². The highest BCUT2D eigenvalue weighted by molar-refractivity contribution is 7.90. The third-order valence-electron chi connectivity index (χ3n) is 2.53. The maximum absolute atomic E-state index is 11.8. The minimum Gasteiger partial charge on any atom is -0.317 e. The number of hydrogen-bond acceptors (Lipinski definition) is 3. The molecule has 1 fully saturated rings. The van der Waals surface area contributed by atoms with Crippen LogP contribution in [0.1, 0.15) is 25.7 Å². The minimum absolute atomic E-state index is 0.232. The molecule has 0 amide bonds. The van der Waals surface area contributed by atoms with Gasteiger partial charge in [-0.2, -0.15) is 0 Å². The maximum atomic E-state index is 11.8. The van der Waals surface area contributed by atoms with Crippen molar-refractivity contribution in [1.82, 2.24) is 10.0 Å². The van der Waals surface area contributed by atoms with Gasteiger partial charge in [-0.15, -0.1) is 12.3 Å². The van der Waals surface area contributed by atoms with Crippen LogP contribution >= 0.6 is 0 Å². The number of rotatable bonds is 5. The van der Waals surface area contributed by atoms with Crippen molar-refractivity contribution in [3.8, 4) is 12.3 Å². The smallest absolute Gasteiger partial charge is 0.214 e. The van der Waals surface area contributed by atoms with Gasteiger partial charge in [0.15, 0.2) is 0 Å². The van der Waals surface area contributed by atoms with E-state index < -0.39 is 10.0 Å². The predicted molar refractivity (Wildman–Crippen MR) is 60.9 cm³/mol. The summed E-state index contributed by atoms with van der Waals surface area (Å²) in [7, 11) is -3.12. The number of sulfonamides is 1. The Morgan fingerprint density at radius 2 is 2.07 bits per heavy atom. The quantitative estimate of drug-likeness (QED) is 0.519. The van der Waals surface area contributed by atoms with Crippen LogP contribution in [0.25, 0.3) is 0 Å². The summed E-state index contributed by atoms with van der Waals surface area (Å²) in [5.74, 6) is 2.49. The van der Waals surface area contributed by atoms with Gasteiger partial charge >= 0.3 is 0 Å². The highest BCUT2D eigenvalue weighted by Gasteiger charge is 2.26. The lowest BCUT2D eigenvalue weighted by atomic mass is 10.2.